The van der Waals surface area contributed by atoms with Gasteiger partial charge in [-0.25, -0.2) is 0 Å². The SMILES string of the molecule is CC(=O)C(N)CC[C@@H](O)CN. The van der Waals surface area contributed by atoms with Gasteiger partial charge in [0.15, 0.2) is 0 Å². The van der Waals surface area contributed by atoms with Gasteiger partial charge in [-0.2, -0.15) is 0 Å². The van der Waals surface area contributed by atoms with Gasteiger partial charge in [-0.1, -0.05) is 0 Å². The van der Waals surface area contributed by atoms with Crippen molar-refractivity contribution in [2.75, 3.05) is 6.54 Å². The number of nitrogens with two attached hydrogens (primary N) is 2. The first kappa shape index (κ1) is 10.6. The van der Waals surface area contributed by atoms with Crippen molar-refractivity contribution in [3.63, 3.8) is 0 Å². The minimum Gasteiger partial charge on any atom is -0.392 e. The number of ketones is 1. The lowest BCUT2D eigenvalue weighted by Crippen LogP contribution is -2.30. The van der Waals surface area contributed by atoms with E-state index in [1.165, 1.54) is 6.92 Å². The molecule has 66 valence electrons. The molecule has 0 heterocycles. The highest BCUT2D eigenvalue weighted by Gasteiger charge is 2.09. The molecule has 0 aliphatic carbocycles. The van der Waals surface area contributed by atoms with Crippen molar-refractivity contribution in [1.29, 1.82) is 0 Å². The second-order valence-electron chi connectivity index (χ2n) is 2.68. The monoisotopic (exact) mass is 160 g/mol. The van der Waals surface area contributed by atoms with Gasteiger partial charge in [-0.05, 0) is 19.8 Å². The summed E-state index contributed by atoms with van der Waals surface area (Å²) >= 11 is 0. The molecule has 4 heteroatoms. The number of hydrogen-bond acceptors (Lipinski definition) is 4. The predicted molar refractivity (Wildman–Crippen MR) is 43.0 cm³/mol. The van der Waals surface area contributed by atoms with Crippen LogP contribution in [0, 0.1) is 0 Å². The number of Topliss-reactive ketones (excluding diaryl/α,β-unsaturated/α-hetero) is 1. The molecule has 0 amide bonds. The summed E-state index contributed by atoms with van der Waals surface area (Å²) in [5, 5.41) is 9.00. The van der Waals surface area contributed by atoms with Crippen molar-refractivity contribution < 1.29 is 9.90 Å². The lowest BCUT2D eigenvalue weighted by atomic mass is 10.1. The Labute approximate surface area is 66.6 Å². The molecular formula is C7H16N2O2. The number of rotatable bonds is 5. The van der Waals surface area contributed by atoms with Gasteiger partial charge in [0, 0.05) is 6.54 Å². The molecule has 0 rings (SSSR count). The third kappa shape index (κ3) is 4.89. The Kier molecular flexibility index (Phi) is 5.02. The first-order chi connectivity index (χ1) is 5.07. The van der Waals surface area contributed by atoms with E-state index in [0.29, 0.717) is 12.8 Å². The average Bonchev–Trinajstić information content (AvgIpc) is 1.99. The van der Waals surface area contributed by atoms with Crippen LogP contribution in [-0.4, -0.2) is 29.6 Å². The molecule has 0 aromatic heterocycles. The van der Waals surface area contributed by atoms with Crippen LogP contribution < -0.4 is 11.5 Å². The van der Waals surface area contributed by atoms with E-state index in [0.717, 1.165) is 0 Å². The standard InChI is InChI=1S/C7H16N2O2/c1-5(10)7(9)3-2-6(11)4-8/h6-7,11H,2-4,8-9H2,1H3/t6-,7?/m1/s1. The van der Waals surface area contributed by atoms with E-state index in [9.17, 15) is 4.79 Å². The molecule has 2 atom stereocenters. The van der Waals surface area contributed by atoms with Gasteiger partial charge in [0.1, 0.15) is 5.78 Å². The van der Waals surface area contributed by atoms with E-state index in [2.05, 4.69) is 0 Å². The van der Waals surface area contributed by atoms with Crippen molar-refractivity contribution in [2.45, 2.75) is 31.9 Å². The van der Waals surface area contributed by atoms with Gasteiger partial charge in [0.05, 0.1) is 12.1 Å². The van der Waals surface area contributed by atoms with Gasteiger partial charge >= 0.3 is 0 Å². The molecule has 0 saturated carbocycles. The molecule has 1 unspecified atom stereocenters. The number of aliphatic hydroxyl groups is 1. The summed E-state index contributed by atoms with van der Waals surface area (Å²) in [7, 11) is 0. The van der Waals surface area contributed by atoms with Crippen molar-refractivity contribution in [1.82, 2.24) is 0 Å². The van der Waals surface area contributed by atoms with E-state index in [-0.39, 0.29) is 12.3 Å². The fourth-order valence-corrected chi connectivity index (χ4v) is 0.693. The van der Waals surface area contributed by atoms with Crippen LogP contribution in [0.25, 0.3) is 0 Å². The summed E-state index contributed by atoms with van der Waals surface area (Å²) in [4.78, 5) is 10.6. The van der Waals surface area contributed by atoms with Crippen LogP contribution in [0.2, 0.25) is 0 Å². The molecule has 0 aliphatic heterocycles. The maximum Gasteiger partial charge on any atom is 0.146 e. The molecule has 0 aromatic carbocycles. The Morgan fingerprint density at radius 2 is 2.09 bits per heavy atom. The zero-order valence-electron chi connectivity index (χ0n) is 6.79. The van der Waals surface area contributed by atoms with E-state index in [4.69, 9.17) is 16.6 Å². The number of carbonyl (C=O) groups is 1. The number of aliphatic hydroxyl groups excluding tert-OH is 1. The molecule has 0 fully saturated rings. The third-order valence-corrected chi connectivity index (χ3v) is 1.61. The van der Waals surface area contributed by atoms with Gasteiger partial charge in [-0.15, -0.1) is 0 Å². The summed E-state index contributed by atoms with van der Waals surface area (Å²) in [6.07, 6.45) is 0.478. The maximum absolute atomic E-state index is 10.6. The first-order valence-corrected chi connectivity index (χ1v) is 3.72. The predicted octanol–water partition coefficient (Wildman–Crippen LogP) is -0.997. The average molecular weight is 160 g/mol. The van der Waals surface area contributed by atoms with Crippen LogP contribution in [0.4, 0.5) is 0 Å². The third-order valence-electron chi connectivity index (χ3n) is 1.61. The smallest absolute Gasteiger partial charge is 0.146 e. The maximum atomic E-state index is 10.6. The molecule has 0 aliphatic rings. The molecule has 5 N–H and O–H groups in total. The van der Waals surface area contributed by atoms with Crippen LogP contribution in [0.15, 0.2) is 0 Å². The van der Waals surface area contributed by atoms with Crippen molar-refractivity contribution in [3.05, 3.63) is 0 Å². The second-order valence-corrected chi connectivity index (χ2v) is 2.68. The number of carbonyl (C=O) groups excluding carboxylic acids is 1. The quantitative estimate of drug-likeness (QED) is 0.481. The topological polar surface area (TPSA) is 89.3 Å². The fourth-order valence-electron chi connectivity index (χ4n) is 0.693. The van der Waals surface area contributed by atoms with Crippen molar-refractivity contribution in [2.24, 2.45) is 11.5 Å². The Hall–Kier alpha value is -0.450. The van der Waals surface area contributed by atoms with Crippen LogP contribution in [0.3, 0.4) is 0 Å². The molecule has 4 nitrogen and oxygen atoms in total. The molecule has 0 saturated heterocycles. The largest absolute Gasteiger partial charge is 0.392 e. The second kappa shape index (κ2) is 5.23. The Balaban J connectivity index is 3.45. The zero-order valence-corrected chi connectivity index (χ0v) is 6.79. The molecule has 0 aromatic rings. The van der Waals surface area contributed by atoms with Crippen molar-refractivity contribution in [3.8, 4) is 0 Å². The molecule has 0 radical (unpaired) electrons. The van der Waals surface area contributed by atoms with E-state index < -0.39 is 12.1 Å². The highest BCUT2D eigenvalue weighted by molar-refractivity contribution is 5.81. The van der Waals surface area contributed by atoms with Crippen LogP contribution in [0.5, 0.6) is 0 Å². The number of hydrogen-bond donors (Lipinski definition) is 3. The van der Waals surface area contributed by atoms with E-state index in [1.807, 2.05) is 0 Å². The summed E-state index contributed by atoms with van der Waals surface area (Å²) in [5.74, 6) is -0.0470. The van der Waals surface area contributed by atoms with Gasteiger partial charge in [-0.3, -0.25) is 4.79 Å². The summed E-state index contributed by atoms with van der Waals surface area (Å²) in [5.41, 5.74) is 10.6. The molecule has 0 spiro atoms. The Bertz CT molecular complexity index is 128. The van der Waals surface area contributed by atoms with Crippen LogP contribution in [0.1, 0.15) is 19.8 Å². The minimum atomic E-state index is -0.527. The van der Waals surface area contributed by atoms with Crippen LogP contribution in [-0.2, 0) is 4.79 Å². The van der Waals surface area contributed by atoms with Gasteiger partial charge in [0.2, 0.25) is 0 Å². The lowest BCUT2D eigenvalue weighted by Gasteiger charge is -2.10. The van der Waals surface area contributed by atoms with Gasteiger partial charge < -0.3 is 16.6 Å². The highest BCUT2D eigenvalue weighted by atomic mass is 16.3. The molecule has 0 bridgehead atoms. The Morgan fingerprint density at radius 3 is 2.45 bits per heavy atom. The summed E-state index contributed by atoms with van der Waals surface area (Å²) < 4.78 is 0. The van der Waals surface area contributed by atoms with Gasteiger partial charge in [0.25, 0.3) is 0 Å². The van der Waals surface area contributed by atoms with E-state index >= 15 is 0 Å². The normalized spacial score (nSPS) is 16.0. The molecule has 11 heavy (non-hydrogen) atoms. The van der Waals surface area contributed by atoms with Crippen molar-refractivity contribution >= 4 is 5.78 Å². The highest BCUT2D eigenvalue weighted by Crippen LogP contribution is 1.99. The van der Waals surface area contributed by atoms with Crippen LogP contribution >= 0.6 is 0 Å². The summed E-state index contributed by atoms with van der Waals surface area (Å²) in [6.45, 7) is 1.67. The van der Waals surface area contributed by atoms with E-state index in [1.54, 1.807) is 0 Å². The zero-order chi connectivity index (χ0) is 8.85. The Morgan fingerprint density at radius 1 is 1.55 bits per heavy atom. The fraction of sp³-hybridized carbons (Fsp3) is 0.857. The lowest BCUT2D eigenvalue weighted by molar-refractivity contribution is -0.118. The first-order valence-electron chi connectivity index (χ1n) is 3.72. The summed E-state index contributed by atoms with van der Waals surface area (Å²) in [6, 6.07) is -0.448. The molecular weight excluding hydrogens is 144 g/mol. The minimum absolute atomic E-state index is 0.0470.